The first-order chi connectivity index (χ1) is 16.7. The Kier molecular flexibility index (Phi) is 10.1. The number of aromatic amines is 3. The van der Waals surface area contributed by atoms with E-state index in [1.165, 1.54) is 24.4 Å². The fraction of sp³-hybridized carbons (Fsp3) is 0.227. The number of nitrogens with zero attached hydrogens (tertiary/aromatic N) is 1. The number of hydrogen-bond acceptors (Lipinski definition) is 9. The predicted molar refractivity (Wildman–Crippen MR) is 127 cm³/mol. The first-order valence-electron chi connectivity index (χ1n) is 10.2. The molecule has 2 aromatic heterocycles. The number of aliphatic hydroxyl groups is 3. The molecule has 1 fully saturated rings. The van der Waals surface area contributed by atoms with Gasteiger partial charge in [0.2, 0.25) is 0 Å². The van der Waals surface area contributed by atoms with Crippen LogP contribution in [0.5, 0.6) is 0 Å². The van der Waals surface area contributed by atoms with Crippen molar-refractivity contribution in [2.75, 3.05) is 6.61 Å². The summed E-state index contributed by atoms with van der Waals surface area (Å²) >= 11 is 0. The Balaban J connectivity index is 0.000000327. The van der Waals surface area contributed by atoms with Crippen molar-refractivity contribution in [3.63, 3.8) is 0 Å². The minimum atomic E-state index is -1.44. The van der Waals surface area contributed by atoms with Crippen LogP contribution in [0.1, 0.15) is 11.9 Å². The summed E-state index contributed by atoms with van der Waals surface area (Å²) in [4.78, 5) is 50.8. The molecule has 0 aliphatic carbocycles. The van der Waals surface area contributed by atoms with Crippen LogP contribution in [0.3, 0.4) is 0 Å². The first-order valence-corrected chi connectivity index (χ1v) is 10.2. The van der Waals surface area contributed by atoms with E-state index in [-0.39, 0.29) is 11.3 Å². The molecule has 4 heterocycles. The SMILES string of the molecule is O=c1cc(C2=CC=CC=CN2)n([C@@H]2O[C@H](CO)[C@@H](O)[C@H]2O)c(=O)[nH]1.O=c1cc[nH]c(=O)[nH]1.[CH2]C=C. The Morgan fingerprint density at radius 2 is 1.77 bits per heavy atom. The summed E-state index contributed by atoms with van der Waals surface area (Å²) in [5.41, 5.74) is -1.66. The number of ether oxygens (including phenoxy) is 1. The molecule has 0 saturated carbocycles. The number of allylic oxidation sites excluding steroid dienone is 5. The van der Waals surface area contributed by atoms with Crippen LogP contribution in [0.15, 0.2) is 80.7 Å². The monoisotopic (exact) mass is 488 g/mol. The third-order valence-electron chi connectivity index (χ3n) is 4.53. The molecular weight excluding hydrogens is 462 g/mol. The van der Waals surface area contributed by atoms with Gasteiger partial charge in [0.05, 0.1) is 18.0 Å². The molecule has 4 atom stereocenters. The topological polar surface area (TPSA) is 203 Å². The summed E-state index contributed by atoms with van der Waals surface area (Å²) in [5, 5.41) is 32.2. The third-order valence-corrected chi connectivity index (χ3v) is 4.53. The molecule has 0 spiro atoms. The van der Waals surface area contributed by atoms with Crippen LogP contribution in [0.25, 0.3) is 5.70 Å². The van der Waals surface area contributed by atoms with Gasteiger partial charge in [0, 0.05) is 24.5 Å². The summed E-state index contributed by atoms with van der Waals surface area (Å²) in [6.45, 7) is 5.98. The van der Waals surface area contributed by atoms with Crippen molar-refractivity contribution in [1.82, 2.24) is 24.8 Å². The molecule has 1 radical (unpaired) electrons. The van der Waals surface area contributed by atoms with Crippen molar-refractivity contribution in [3.8, 4) is 0 Å². The third kappa shape index (κ3) is 7.22. The van der Waals surface area contributed by atoms with Crippen molar-refractivity contribution in [1.29, 1.82) is 0 Å². The molecule has 2 aliphatic rings. The maximum absolute atomic E-state index is 12.3. The lowest BCUT2D eigenvalue weighted by atomic mass is 10.1. The Bertz CT molecular complexity index is 1290. The smallest absolute Gasteiger partial charge is 0.331 e. The number of aliphatic hydroxyl groups excluding tert-OH is 3. The van der Waals surface area contributed by atoms with E-state index in [1.807, 2.05) is 4.98 Å². The van der Waals surface area contributed by atoms with Crippen LogP contribution in [0.4, 0.5) is 0 Å². The molecule has 4 rings (SSSR count). The van der Waals surface area contributed by atoms with E-state index in [0.29, 0.717) is 5.70 Å². The summed E-state index contributed by atoms with van der Waals surface area (Å²) < 4.78 is 6.44. The Labute approximate surface area is 198 Å². The zero-order chi connectivity index (χ0) is 26.0. The highest BCUT2D eigenvalue weighted by Gasteiger charge is 2.44. The van der Waals surface area contributed by atoms with Gasteiger partial charge < -0.3 is 30.4 Å². The van der Waals surface area contributed by atoms with Crippen LogP contribution >= 0.6 is 0 Å². The lowest BCUT2D eigenvalue weighted by Crippen LogP contribution is -2.40. The maximum atomic E-state index is 12.3. The molecule has 0 amide bonds. The zero-order valence-corrected chi connectivity index (χ0v) is 18.5. The van der Waals surface area contributed by atoms with Gasteiger partial charge in [-0.1, -0.05) is 18.2 Å². The van der Waals surface area contributed by atoms with E-state index in [9.17, 15) is 34.5 Å². The fourth-order valence-corrected chi connectivity index (χ4v) is 3.06. The van der Waals surface area contributed by atoms with E-state index in [1.54, 1.807) is 30.5 Å². The second-order valence-electron chi connectivity index (χ2n) is 6.98. The molecule has 0 unspecified atom stereocenters. The van der Waals surface area contributed by atoms with Crippen molar-refractivity contribution in [2.24, 2.45) is 0 Å². The molecule has 13 heteroatoms. The van der Waals surface area contributed by atoms with Gasteiger partial charge in [0.25, 0.3) is 11.1 Å². The minimum Gasteiger partial charge on any atom is -0.394 e. The standard InChI is InChI=1S/C15H17N3O6.C4H4N2O2.C3H5/c19-7-10-12(21)13(22)14(24-10)18-9(6-11(20)17-15(18)23)8-4-2-1-3-5-16-8;7-3-1-2-5-4(8)6-3;1-3-2/h1-6,10,12-14,16,19,21-22H,7H2,(H,17,20,23);1-2H,(H2,5,6,7,8);3H,1-2H2/t10-,12-,13-,14-;;/m1../s1. The van der Waals surface area contributed by atoms with Gasteiger partial charge in [-0.15, -0.1) is 6.58 Å². The van der Waals surface area contributed by atoms with E-state index >= 15 is 0 Å². The summed E-state index contributed by atoms with van der Waals surface area (Å²) in [5.74, 6) is 0. The highest BCUT2D eigenvalue weighted by atomic mass is 16.6. The molecule has 2 aliphatic heterocycles. The lowest BCUT2D eigenvalue weighted by Gasteiger charge is -2.22. The average Bonchev–Trinajstić information content (AvgIpc) is 2.98. The number of H-pyrrole nitrogens is 3. The summed E-state index contributed by atoms with van der Waals surface area (Å²) in [6.07, 6.45) is 6.15. The van der Waals surface area contributed by atoms with Crippen LogP contribution in [-0.2, 0) is 4.74 Å². The van der Waals surface area contributed by atoms with Crippen molar-refractivity contribution in [3.05, 3.63) is 116 Å². The molecule has 13 nitrogen and oxygen atoms in total. The van der Waals surface area contributed by atoms with Gasteiger partial charge in [0.1, 0.15) is 18.3 Å². The van der Waals surface area contributed by atoms with E-state index < -0.39 is 48.1 Å². The highest BCUT2D eigenvalue weighted by Crippen LogP contribution is 2.30. The van der Waals surface area contributed by atoms with Crippen LogP contribution in [0.2, 0.25) is 0 Å². The molecule has 187 valence electrons. The molecule has 1 saturated heterocycles. The molecule has 35 heavy (non-hydrogen) atoms. The van der Waals surface area contributed by atoms with Crippen molar-refractivity contribution >= 4 is 5.70 Å². The molecule has 2 aromatic rings. The number of rotatable bonds is 3. The molecule has 0 bridgehead atoms. The van der Waals surface area contributed by atoms with Crippen LogP contribution < -0.4 is 27.8 Å². The number of hydrogen-bond donors (Lipinski definition) is 7. The van der Waals surface area contributed by atoms with Gasteiger partial charge in [-0.3, -0.25) is 24.1 Å². The van der Waals surface area contributed by atoms with E-state index in [4.69, 9.17) is 4.74 Å². The Morgan fingerprint density at radius 1 is 1.06 bits per heavy atom. The number of nitrogens with one attached hydrogen (secondary N) is 4. The summed E-state index contributed by atoms with van der Waals surface area (Å²) in [7, 11) is 0. The van der Waals surface area contributed by atoms with Gasteiger partial charge in [-0.25, -0.2) is 9.59 Å². The quantitative estimate of drug-likeness (QED) is 0.261. The van der Waals surface area contributed by atoms with Gasteiger partial charge in [-0.2, -0.15) is 0 Å². The summed E-state index contributed by atoms with van der Waals surface area (Å²) in [6, 6.07) is 2.42. The number of aromatic nitrogens is 4. The van der Waals surface area contributed by atoms with Gasteiger partial charge in [0.15, 0.2) is 6.23 Å². The maximum Gasteiger partial charge on any atom is 0.331 e. The second-order valence-corrected chi connectivity index (χ2v) is 6.98. The van der Waals surface area contributed by atoms with Crippen molar-refractivity contribution < 1.29 is 20.1 Å². The highest BCUT2D eigenvalue weighted by molar-refractivity contribution is 5.64. The Morgan fingerprint density at radius 3 is 2.34 bits per heavy atom. The van der Waals surface area contributed by atoms with Gasteiger partial charge in [-0.05, 0) is 19.1 Å². The fourth-order valence-electron chi connectivity index (χ4n) is 3.06. The minimum absolute atomic E-state index is 0.176. The first kappa shape index (κ1) is 27.2. The Hall–Kier alpha value is -4.04. The van der Waals surface area contributed by atoms with E-state index in [0.717, 1.165) is 4.57 Å². The van der Waals surface area contributed by atoms with Crippen LogP contribution in [0, 0.1) is 6.92 Å². The lowest BCUT2D eigenvalue weighted by molar-refractivity contribution is -0.0554. The molecular formula is C22H26N5O8. The van der Waals surface area contributed by atoms with Crippen molar-refractivity contribution in [2.45, 2.75) is 24.5 Å². The van der Waals surface area contributed by atoms with Gasteiger partial charge >= 0.3 is 11.4 Å². The molecule has 0 aromatic carbocycles. The largest absolute Gasteiger partial charge is 0.394 e. The average molecular weight is 488 g/mol. The predicted octanol–water partition coefficient (Wildman–Crippen LogP) is -1.77. The zero-order valence-electron chi connectivity index (χ0n) is 18.5. The van der Waals surface area contributed by atoms with E-state index in [2.05, 4.69) is 28.8 Å². The second kappa shape index (κ2) is 13.0. The van der Waals surface area contributed by atoms with Crippen LogP contribution in [-0.4, -0.2) is 59.8 Å². The normalized spacial score (nSPS) is 22.5. The molecule has 7 N–H and O–H groups in total.